The minimum atomic E-state index is 0.419. The van der Waals surface area contributed by atoms with E-state index >= 15 is 0 Å². The van der Waals surface area contributed by atoms with E-state index in [2.05, 4.69) is 11.8 Å². The van der Waals surface area contributed by atoms with E-state index in [0.717, 1.165) is 39.3 Å². The van der Waals surface area contributed by atoms with E-state index in [0.29, 0.717) is 18.1 Å². The van der Waals surface area contributed by atoms with E-state index in [9.17, 15) is 0 Å². The van der Waals surface area contributed by atoms with Gasteiger partial charge in [-0.1, -0.05) is 6.92 Å². The summed E-state index contributed by atoms with van der Waals surface area (Å²) in [5.74, 6) is 0.712. The summed E-state index contributed by atoms with van der Waals surface area (Å²) in [6.45, 7) is 7.90. The molecule has 0 aromatic rings. The Balaban J connectivity index is 1.86. The van der Waals surface area contributed by atoms with Gasteiger partial charge in [0.2, 0.25) is 0 Å². The summed E-state index contributed by atoms with van der Waals surface area (Å²) in [5.41, 5.74) is 6.06. The summed E-state index contributed by atoms with van der Waals surface area (Å²) in [5, 5.41) is 0. The first kappa shape index (κ1) is 15.2. The molecule has 19 heavy (non-hydrogen) atoms. The van der Waals surface area contributed by atoms with Crippen LogP contribution in [0.3, 0.4) is 0 Å². The Morgan fingerprint density at radius 2 is 2.11 bits per heavy atom. The Labute approximate surface area is 117 Å². The summed E-state index contributed by atoms with van der Waals surface area (Å²) in [7, 11) is 0. The van der Waals surface area contributed by atoms with E-state index in [1.807, 2.05) is 0 Å². The Morgan fingerprint density at radius 1 is 1.32 bits per heavy atom. The summed E-state index contributed by atoms with van der Waals surface area (Å²) in [4.78, 5) is 2.58. The smallest absolute Gasteiger partial charge is 0.0702 e. The van der Waals surface area contributed by atoms with Gasteiger partial charge >= 0.3 is 0 Å². The van der Waals surface area contributed by atoms with Crippen molar-refractivity contribution >= 4 is 0 Å². The molecule has 0 aromatic carbocycles. The second-order valence-corrected chi connectivity index (χ2v) is 5.88. The van der Waals surface area contributed by atoms with E-state index in [-0.39, 0.29) is 0 Å². The summed E-state index contributed by atoms with van der Waals surface area (Å²) >= 11 is 0. The van der Waals surface area contributed by atoms with Gasteiger partial charge in [0.05, 0.1) is 6.10 Å². The van der Waals surface area contributed by atoms with Crippen molar-refractivity contribution < 1.29 is 9.47 Å². The quantitative estimate of drug-likeness (QED) is 0.797. The van der Waals surface area contributed by atoms with Crippen molar-refractivity contribution in [2.45, 2.75) is 51.2 Å². The number of nitrogens with zero attached hydrogens (tertiary/aromatic N) is 1. The van der Waals surface area contributed by atoms with Gasteiger partial charge in [-0.15, -0.1) is 0 Å². The van der Waals surface area contributed by atoms with E-state index in [1.54, 1.807) is 0 Å². The average Bonchev–Trinajstić information content (AvgIpc) is 2.47. The summed E-state index contributed by atoms with van der Waals surface area (Å²) in [6.07, 6.45) is 6.31. The maximum atomic E-state index is 6.06. The average molecular weight is 270 g/mol. The van der Waals surface area contributed by atoms with Gasteiger partial charge in [-0.25, -0.2) is 0 Å². The van der Waals surface area contributed by atoms with Crippen molar-refractivity contribution in [3.8, 4) is 0 Å². The molecule has 2 atom stereocenters. The summed E-state index contributed by atoms with van der Waals surface area (Å²) < 4.78 is 11.4. The van der Waals surface area contributed by atoms with Crippen molar-refractivity contribution in [1.82, 2.24) is 4.90 Å². The highest BCUT2D eigenvalue weighted by molar-refractivity contribution is 4.86. The van der Waals surface area contributed by atoms with Gasteiger partial charge in [0.25, 0.3) is 0 Å². The molecule has 2 aliphatic rings. The molecule has 0 radical (unpaired) electrons. The minimum Gasteiger partial charge on any atom is -0.381 e. The monoisotopic (exact) mass is 270 g/mol. The van der Waals surface area contributed by atoms with Gasteiger partial charge in [-0.3, -0.25) is 4.90 Å². The lowest BCUT2D eigenvalue weighted by atomic mass is 9.89. The third kappa shape index (κ3) is 4.42. The first-order valence-corrected chi connectivity index (χ1v) is 7.98. The Morgan fingerprint density at radius 3 is 2.79 bits per heavy atom. The second kappa shape index (κ2) is 8.20. The van der Waals surface area contributed by atoms with Crippen LogP contribution in [0.2, 0.25) is 0 Å². The molecule has 4 heteroatoms. The maximum absolute atomic E-state index is 6.06. The molecule has 112 valence electrons. The van der Waals surface area contributed by atoms with Crippen LogP contribution >= 0.6 is 0 Å². The predicted molar refractivity (Wildman–Crippen MR) is 77.2 cm³/mol. The molecule has 0 amide bonds. The lowest BCUT2D eigenvalue weighted by molar-refractivity contribution is -0.0326. The van der Waals surface area contributed by atoms with Crippen molar-refractivity contribution in [3.05, 3.63) is 0 Å². The van der Waals surface area contributed by atoms with Gasteiger partial charge in [-0.05, 0) is 44.6 Å². The molecule has 0 aliphatic carbocycles. The fraction of sp³-hybridized carbons (Fsp3) is 1.00. The molecule has 2 rings (SSSR count). The van der Waals surface area contributed by atoms with Crippen LogP contribution in [0.1, 0.15) is 39.0 Å². The molecule has 2 unspecified atom stereocenters. The first-order chi connectivity index (χ1) is 9.35. The fourth-order valence-electron chi connectivity index (χ4n) is 3.43. The predicted octanol–water partition coefficient (Wildman–Crippen LogP) is 1.63. The zero-order valence-electron chi connectivity index (χ0n) is 12.4. The topological polar surface area (TPSA) is 47.7 Å². The zero-order chi connectivity index (χ0) is 13.5. The zero-order valence-corrected chi connectivity index (χ0v) is 12.4. The molecule has 4 nitrogen and oxygen atoms in total. The van der Waals surface area contributed by atoms with Crippen molar-refractivity contribution in [2.24, 2.45) is 11.7 Å². The Kier molecular flexibility index (Phi) is 6.57. The highest BCUT2D eigenvalue weighted by Crippen LogP contribution is 2.25. The number of piperidine rings is 1. The number of hydrogen-bond donors (Lipinski definition) is 1. The largest absolute Gasteiger partial charge is 0.381 e. The van der Waals surface area contributed by atoms with Gasteiger partial charge in [0.1, 0.15) is 0 Å². The third-order valence-electron chi connectivity index (χ3n) is 4.49. The third-order valence-corrected chi connectivity index (χ3v) is 4.49. The molecule has 0 aromatic heterocycles. The van der Waals surface area contributed by atoms with Crippen LogP contribution in [0.5, 0.6) is 0 Å². The minimum absolute atomic E-state index is 0.419. The van der Waals surface area contributed by atoms with Crippen LogP contribution in [0.4, 0.5) is 0 Å². The van der Waals surface area contributed by atoms with Crippen LogP contribution in [-0.2, 0) is 9.47 Å². The molecule has 0 bridgehead atoms. The molecular formula is C15H30N2O2. The number of hydrogen-bond acceptors (Lipinski definition) is 4. The molecule has 2 saturated heterocycles. The highest BCUT2D eigenvalue weighted by atomic mass is 16.5. The molecule has 0 spiro atoms. The lowest BCUT2D eigenvalue weighted by Gasteiger charge is -2.42. The van der Waals surface area contributed by atoms with Crippen molar-refractivity contribution in [3.63, 3.8) is 0 Å². The van der Waals surface area contributed by atoms with Crippen LogP contribution in [0, 0.1) is 5.92 Å². The highest BCUT2D eigenvalue weighted by Gasteiger charge is 2.31. The number of ether oxygens (including phenoxy) is 2. The van der Waals surface area contributed by atoms with Gasteiger partial charge in [-0.2, -0.15) is 0 Å². The van der Waals surface area contributed by atoms with Crippen molar-refractivity contribution in [2.75, 3.05) is 39.5 Å². The SMILES string of the molecule is CCCOC1CCCN(C(CN)C2CCOCC2)C1. The van der Waals surface area contributed by atoms with Gasteiger partial charge in [0.15, 0.2) is 0 Å². The first-order valence-electron chi connectivity index (χ1n) is 7.98. The summed E-state index contributed by atoms with van der Waals surface area (Å²) in [6, 6.07) is 0.525. The van der Waals surface area contributed by atoms with Crippen LogP contribution in [-0.4, -0.2) is 56.5 Å². The Hall–Kier alpha value is -0.160. The number of likely N-dealkylation sites (tertiary alicyclic amines) is 1. The van der Waals surface area contributed by atoms with E-state index in [1.165, 1.54) is 32.2 Å². The standard InChI is InChI=1S/C15H30N2O2/c1-2-8-19-14-4-3-7-17(12-14)15(11-16)13-5-9-18-10-6-13/h13-15H,2-12,16H2,1H3. The molecule has 2 fully saturated rings. The van der Waals surface area contributed by atoms with Crippen LogP contribution < -0.4 is 5.73 Å². The Bertz CT molecular complexity index is 244. The molecule has 2 N–H and O–H groups in total. The van der Waals surface area contributed by atoms with E-state index in [4.69, 9.17) is 15.2 Å². The van der Waals surface area contributed by atoms with Crippen molar-refractivity contribution in [1.29, 1.82) is 0 Å². The molecule has 2 aliphatic heterocycles. The van der Waals surface area contributed by atoms with Gasteiger partial charge < -0.3 is 15.2 Å². The molecular weight excluding hydrogens is 240 g/mol. The molecule has 0 saturated carbocycles. The normalized spacial score (nSPS) is 28.4. The maximum Gasteiger partial charge on any atom is 0.0702 e. The van der Waals surface area contributed by atoms with Gasteiger partial charge in [0, 0.05) is 39.0 Å². The fourth-order valence-corrected chi connectivity index (χ4v) is 3.43. The lowest BCUT2D eigenvalue weighted by Crippen LogP contribution is -2.52. The van der Waals surface area contributed by atoms with Crippen LogP contribution in [0.15, 0.2) is 0 Å². The number of nitrogens with two attached hydrogens (primary N) is 1. The number of rotatable bonds is 6. The molecule has 2 heterocycles. The second-order valence-electron chi connectivity index (χ2n) is 5.88. The van der Waals surface area contributed by atoms with Crippen LogP contribution in [0.25, 0.3) is 0 Å². The van der Waals surface area contributed by atoms with E-state index < -0.39 is 0 Å².